The largest absolute Gasteiger partial charge is 0.573 e. The zero-order valence-corrected chi connectivity index (χ0v) is 14.5. The molecule has 0 aromatic heterocycles. The van der Waals surface area contributed by atoms with Crippen LogP contribution in [0, 0.1) is 5.92 Å². The van der Waals surface area contributed by atoms with E-state index in [1.54, 1.807) is 12.1 Å². The lowest BCUT2D eigenvalue weighted by atomic mass is 10.0. The van der Waals surface area contributed by atoms with Gasteiger partial charge in [0.1, 0.15) is 5.75 Å². The van der Waals surface area contributed by atoms with Gasteiger partial charge < -0.3 is 20.5 Å². The van der Waals surface area contributed by atoms with Gasteiger partial charge in [-0.2, -0.15) is 11.8 Å². The first-order chi connectivity index (χ1) is 11.9. The average Bonchev–Trinajstić information content (AvgIpc) is 2.59. The summed E-state index contributed by atoms with van der Waals surface area (Å²) in [7, 11) is 0. The molecule has 0 aliphatic carbocycles. The summed E-state index contributed by atoms with van der Waals surface area (Å²) in [5.74, 6) is 2.11. The average molecular weight is 377 g/mol. The van der Waals surface area contributed by atoms with E-state index in [0.29, 0.717) is 18.9 Å². The maximum Gasteiger partial charge on any atom is 0.573 e. The van der Waals surface area contributed by atoms with E-state index in [4.69, 9.17) is 5.73 Å². The maximum atomic E-state index is 12.1. The van der Waals surface area contributed by atoms with Crippen molar-refractivity contribution < 1.29 is 23.0 Å². The van der Waals surface area contributed by atoms with Gasteiger partial charge in [0.25, 0.3) is 0 Å². The minimum absolute atomic E-state index is 0.0760. The van der Waals surface area contributed by atoms with Crippen molar-refractivity contribution >= 4 is 17.7 Å². The second kappa shape index (κ2) is 9.19. The lowest BCUT2D eigenvalue weighted by molar-refractivity contribution is -0.274. The van der Waals surface area contributed by atoms with E-state index >= 15 is 0 Å². The topological polar surface area (TPSA) is 71.1 Å². The van der Waals surface area contributed by atoms with Gasteiger partial charge in [-0.25, -0.2) is 0 Å². The summed E-state index contributed by atoms with van der Waals surface area (Å²) in [6.45, 7) is 2.02. The molecule has 5 nitrogen and oxygen atoms in total. The molecule has 1 atom stereocenters. The van der Waals surface area contributed by atoms with Crippen LogP contribution in [0.3, 0.4) is 0 Å². The zero-order chi connectivity index (χ0) is 18.3. The van der Waals surface area contributed by atoms with Crippen LogP contribution in [-0.2, 0) is 6.42 Å². The third kappa shape index (κ3) is 7.03. The number of rotatable bonds is 6. The van der Waals surface area contributed by atoms with Crippen LogP contribution in [0.4, 0.5) is 13.2 Å². The third-order valence-corrected chi connectivity index (χ3v) is 4.73. The summed E-state index contributed by atoms with van der Waals surface area (Å²) < 4.78 is 40.3. The highest BCUT2D eigenvalue weighted by molar-refractivity contribution is 7.99. The number of aliphatic hydroxyl groups is 1. The monoisotopic (exact) mass is 377 g/mol. The highest BCUT2D eigenvalue weighted by Gasteiger charge is 2.30. The zero-order valence-electron chi connectivity index (χ0n) is 13.7. The molecule has 0 spiro atoms. The lowest BCUT2D eigenvalue weighted by Gasteiger charge is -2.27. The van der Waals surface area contributed by atoms with Gasteiger partial charge >= 0.3 is 6.36 Å². The Kier molecular flexibility index (Phi) is 7.24. The highest BCUT2D eigenvalue weighted by atomic mass is 32.2. The molecule has 1 saturated heterocycles. The Morgan fingerprint density at radius 3 is 2.48 bits per heavy atom. The number of aliphatic imine (C=N–C) groups is 1. The smallest absolute Gasteiger partial charge is 0.406 e. The van der Waals surface area contributed by atoms with Crippen molar-refractivity contribution in [3.63, 3.8) is 0 Å². The lowest BCUT2D eigenvalue weighted by Crippen LogP contribution is -2.43. The molecular weight excluding hydrogens is 355 g/mol. The van der Waals surface area contributed by atoms with Crippen LogP contribution < -0.4 is 10.5 Å². The van der Waals surface area contributed by atoms with Crippen LogP contribution in [0.2, 0.25) is 0 Å². The Balaban J connectivity index is 1.88. The molecule has 9 heteroatoms. The Hall–Kier alpha value is -1.61. The summed E-state index contributed by atoms with van der Waals surface area (Å²) in [6.07, 6.45) is -4.20. The Bertz CT molecular complexity index is 561. The van der Waals surface area contributed by atoms with E-state index in [9.17, 15) is 18.3 Å². The molecule has 0 radical (unpaired) electrons. The van der Waals surface area contributed by atoms with Crippen molar-refractivity contribution in [2.24, 2.45) is 16.6 Å². The van der Waals surface area contributed by atoms with Crippen molar-refractivity contribution in [1.82, 2.24) is 4.90 Å². The molecule has 3 N–H and O–H groups in total. The summed E-state index contributed by atoms with van der Waals surface area (Å²) in [5.41, 5.74) is 6.79. The van der Waals surface area contributed by atoms with Crippen molar-refractivity contribution in [2.45, 2.75) is 12.8 Å². The third-order valence-electron chi connectivity index (χ3n) is 3.79. The highest BCUT2D eigenvalue weighted by Crippen LogP contribution is 2.23. The van der Waals surface area contributed by atoms with E-state index in [1.807, 2.05) is 16.7 Å². The molecule has 2 rings (SSSR count). The van der Waals surface area contributed by atoms with Crippen LogP contribution in [0.15, 0.2) is 29.3 Å². The van der Waals surface area contributed by atoms with Gasteiger partial charge in [0.2, 0.25) is 0 Å². The van der Waals surface area contributed by atoms with Gasteiger partial charge in [-0.3, -0.25) is 4.99 Å². The number of halogens is 3. The maximum absolute atomic E-state index is 12.1. The number of hydrogen-bond donors (Lipinski definition) is 2. The van der Waals surface area contributed by atoms with Crippen LogP contribution in [0.1, 0.15) is 5.56 Å². The van der Waals surface area contributed by atoms with Crippen molar-refractivity contribution in [3.8, 4) is 5.75 Å². The standard InChI is InChI=1S/C16H22F3N3O2S/c17-16(18,19)24-14-3-1-12(2-4-14)9-13(11-23)10-21-15(20)22-5-7-25-8-6-22/h1-4,13,23H,5-11H2,(H2,20,21). The van der Waals surface area contributed by atoms with Crippen molar-refractivity contribution in [1.29, 1.82) is 0 Å². The van der Waals surface area contributed by atoms with Crippen molar-refractivity contribution in [2.75, 3.05) is 37.7 Å². The fraction of sp³-hybridized carbons (Fsp3) is 0.562. The Morgan fingerprint density at radius 2 is 1.92 bits per heavy atom. The summed E-state index contributed by atoms with van der Waals surface area (Å²) >= 11 is 1.88. The number of guanidine groups is 1. The van der Waals surface area contributed by atoms with Crippen LogP contribution in [0.25, 0.3) is 0 Å². The Morgan fingerprint density at radius 1 is 1.28 bits per heavy atom. The molecule has 1 aromatic rings. The van der Waals surface area contributed by atoms with Gasteiger partial charge in [-0.15, -0.1) is 13.2 Å². The summed E-state index contributed by atoms with van der Waals surface area (Å²) in [4.78, 5) is 6.38. The van der Waals surface area contributed by atoms with Crippen LogP contribution >= 0.6 is 11.8 Å². The summed E-state index contributed by atoms with van der Waals surface area (Å²) in [5, 5.41) is 9.52. The number of hydrogen-bond acceptors (Lipinski definition) is 4. The number of nitrogens with two attached hydrogens (primary N) is 1. The molecule has 0 amide bonds. The van der Waals surface area contributed by atoms with Gasteiger partial charge in [0.15, 0.2) is 5.96 Å². The molecular formula is C16H22F3N3O2S. The van der Waals surface area contributed by atoms with E-state index in [-0.39, 0.29) is 18.3 Å². The molecule has 1 unspecified atom stereocenters. The van der Waals surface area contributed by atoms with Gasteiger partial charge in [0, 0.05) is 43.7 Å². The molecule has 1 heterocycles. The van der Waals surface area contributed by atoms with Crippen molar-refractivity contribution in [3.05, 3.63) is 29.8 Å². The quantitative estimate of drug-likeness (QED) is 0.587. The number of ether oxygens (including phenoxy) is 1. The molecule has 1 aliphatic rings. The van der Waals surface area contributed by atoms with Gasteiger partial charge in [-0.1, -0.05) is 12.1 Å². The number of benzene rings is 1. The molecule has 1 aliphatic heterocycles. The fourth-order valence-electron chi connectivity index (χ4n) is 2.46. The SMILES string of the molecule is NC(=NCC(CO)Cc1ccc(OC(F)(F)F)cc1)N1CCSCC1. The van der Waals surface area contributed by atoms with Gasteiger partial charge in [-0.05, 0) is 24.1 Å². The van der Waals surface area contributed by atoms with E-state index in [1.165, 1.54) is 12.1 Å². The van der Waals surface area contributed by atoms with E-state index in [2.05, 4.69) is 9.73 Å². The first kappa shape index (κ1) is 19.7. The Labute approximate surface area is 149 Å². The predicted molar refractivity (Wildman–Crippen MR) is 92.8 cm³/mol. The number of thioether (sulfide) groups is 1. The number of alkyl halides is 3. The molecule has 0 saturated carbocycles. The number of nitrogens with zero attached hydrogens (tertiary/aromatic N) is 2. The minimum atomic E-state index is -4.70. The number of aliphatic hydroxyl groups excluding tert-OH is 1. The summed E-state index contributed by atoms with van der Waals surface area (Å²) in [6, 6.07) is 5.64. The normalized spacial score (nSPS) is 17.4. The van der Waals surface area contributed by atoms with Crippen LogP contribution in [0.5, 0.6) is 5.75 Å². The molecule has 140 valence electrons. The van der Waals surface area contributed by atoms with E-state index in [0.717, 1.165) is 30.2 Å². The van der Waals surface area contributed by atoms with Gasteiger partial charge in [0.05, 0.1) is 0 Å². The van der Waals surface area contributed by atoms with E-state index < -0.39 is 6.36 Å². The molecule has 1 aromatic carbocycles. The molecule has 0 bridgehead atoms. The predicted octanol–water partition coefficient (Wildman–Crippen LogP) is 2.10. The first-order valence-electron chi connectivity index (χ1n) is 7.95. The van der Waals surface area contributed by atoms with Crippen LogP contribution in [-0.4, -0.2) is 60.1 Å². The molecule has 1 fully saturated rings. The first-order valence-corrected chi connectivity index (χ1v) is 9.11. The second-order valence-electron chi connectivity index (χ2n) is 5.74. The fourth-order valence-corrected chi connectivity index (χ4v) is 3.37. The minimum Gasteiger partial charge on any atom is -0.406 e. The molecule has 25 heavy (non-hydrogen) atoms. The second-order valence-corrected chi connectivity index (χ2v) is 6.97.